The van der Waals surface area contributed by atoms with Gasteiger partial charge in [0.25, 0.3) is 0 Å². The summed E-state index contributed by atoms with van der Waals surface area (Å²) in [6, 6.07) is 10.7. The Balaban J connectivity index is 0.00000225. The third kappa shape index (κ3) is 5.42. The summed E-state index contributed by atoms with van der Waals surface area (Å²) in [5, 5.41) is 5.51. The van der Waals surface area contributed by atoms with Gasteiger partial charge in [-0.2, -0.15) is 0 Å². The van der Waals surface area contributed by atoms with E-state index in [2.05, 4.69) is 68.4 Å². The molecule has 5 nitrogen and oxygen atoms in total. The van der Waals surface area contributed by atoms with Gasteiger partial charge in [0.2, 0.25) is 0 Å². The van der Waals surface area contributed by atoms with Gasteiger partial charge in [-0.25, -0.2) is 9.98 Å². The van der Waals surface area contributed by atoms with Crippen LogP contribution in [0.3, 0.4) is 0 Å². The van der Waals surface area contributed by atoms with Crippen molar-refractivity contribution >= 4 is 58.0 Å². The highest BCUT2D eigenvalue weighted by Crippen LogP contribution is 2.26. The molecular weight excluding hydrogens is 501 g/mol. The molecule has 1 N–H and O–H groups in total. The molecule has 1 fully saturated rings. The van der Waals surface area contributed by atoms with Gasteiger partial charge in [0.05, 0.1) is 12.2 Å². The van der Waals surface area contributed by atoms with E-state index in [0.717, 1.165) is 42.0 Å². The third-order valence-electron chi connectivity index (χ3n) is 4.68. The summed E-state index contributed by atoms with van der Waals surface area (Å²) in [6.45, 7) is 5.78. The maximum absolute atomic E-state index is 4.85. The molecule has 3 aromatic rings. The van der Waals surface area contributed by atoms with Crippen LogP contribution < -0.4 is 5.32 Å². The lowest BCUT2D eigenvalue weighted by atomic mass is 10.2. The normalized spacial score (nSPS) is 17.1. The number of fused-ring (bicyclic) bond motifs is 1. The summed E-state index contributed by atoms with van der Waals surface area (Å²) in [7, 11) is 0. The summed E-state index contributed by atoms with van der Waals surface area (Å²) < 4.78 is 2.06. The monoisotopic (exact) mass is 527 g/mol. The third-order valence-corrected chi connectivity index (χ3v) is 6.70. The number of nitrogens with zero attached hydrogens (tertiary/aromatic N) is 4. The largest absolute Gasteiger partial charge is 0.357 e. The number of hydrogen-bond donors (Lipinski definition) is 1. The quantitative estimate of drug-likeness (QED) is 0.221. The first kappa shape index (κ1) is 21.4. The Labute approximate surface area is 191 Å². The number of aliphatic imine (C=N–C) groups is 1. The van der Waals surface area contributed by atoms with Crippen LogP contribution in [0.15, 0.2) is 58.0 Å². The van der Waals surface area contributed by atoms with Crippen molar-refractivity contribution < 1.29 is 0 Å². The van der Waals surface area contributed by atoms with E-state index in [4.69, 9.17) is 4.99 Å². The fourth-order valence-electron chi connectivity index (χ4n) is 3.33. The van der Waals surface area contributed by atoms with Gasteiger partial charge in [-0.15, -0.1) is 47.1 Å². The van der Waals surface area contributed by atoms with E-state index in [1.165, 1.54) is 11.3 Å². The minimum Gasteiger partial charge on any atom is -0.357 e. The van der Waals surface area contributed by atoms with E-state index in [0.29, 0.717) is 12.5 Å². The second-order valence-electron chi connectivity index (χ2n) is 6.72. The van der Waals surface area contributed by atoms with Crippen molar-refractivity contribution in [2.45, 2.75) is 24.8 Å². The van der Waals surface area contributed by atoms with Crippen molar-refractivity contribution in [3.8, 4) is 0 Å². The van der Waals surface area contributed by atoms with Gasteiger partial charge >= 0.3 is 0 Å². The van der Waals surface area contributed by atoms with Crippen LogP contribution in [0.1, 0.15) is 19.0 Å². The van der Waals surface area contributed by atoms with Gasteiger partial charge in [0, 0.05) is 48.1 Å². The Bertz CT molecular complexity index is 864. The number of aromatic nitrogens is 2. The maximum Gasteiger partial charge on any atom is 0.194 e. The first-order valence-electron chi connectivity index (χ1n) is 9.44. The van der Waals surface area contributed by atoms with E-state index in [1.54, 1.807) is 11.3 Å². The van der Waals surface area contributed by atoms with Gasteiger partial charge in [-0.1, -0.05) is 18.2 Å². The number of nitrogens with one attached hydrogen (secondary N) is 1. The second-order valence-corrected chi connectivity index (χ2v) is 8.69. The summed E-state index contributed by atoms with van der Waals surface area (Å²) >= 11 is 3.62. The molecule has 1 atom stereocenters. The molecule has 150 valence electrons. The lowest BCUT2D eigenvalue weighted by molar-refractivity contribution is 0.474. The van der Waals surface area contributed by atoms with E-state index < -0.39 is 0 Å². The van der Waals surface area contributed by atoms with Crippen molar-refractivity contribution in [3.05, 3.63) is 53.8 Å². The topological polar surface area (TPSA) is 44.9 Å². The zero-order valence-corrected chi connectivity index (χ0v) is 19.9. The van der Waals surface area contributed by atoms with Gasteiger partial charge in [-0.05, 0) is 31.4 Å². The minimum atomic E-state index is 0. The predicted octanol–water partition coefficient (Wildman–Crippen LogP) is 4.59. The molecule has 0 amide bonds. The number of rotatable bonds is 6. The Hall–Kier alpha value is -1.26. The summed E-state index contributed by atoms with van der Waals surface area (Å²) in [5.74, 6) is 2.88. The predicted molar refractivity (Wildman–Crippen MR) is 130 cm³/mol. The number of halogens is 1. The molecule has 1 saturated heterocycles. The molecule has 4 rings (SSSR count). The number of benzene rings is 1. The Morgan fingerprint density at radius 1 is 1.36 bits per heavy atom. The van der Waals surface area contributed by atoms with Gasteiger partial charge in [0.15, 0.2) is 10.9 Å². The average molecular weight is 528 g/mol. The van der Waals surface area contributed by atoms with Crippen LogP contribution >= 0.6 is 47.1 Å². The summed E-state index contributed by atoms with van der Waals surface area (Å²) in [6.07, 6.45) is 5.34. The molecule has 0 spiro atoms. The van der Waals surface area contributed by atoms with E-state index >= 15 is 0 Å². The Morgan fingerprint density at radius 2 is 2.21 bits per heavy atom. The Morgan fingerprint density at radius 3 is 3.00 bits per heavy atom. The molecule has 0 aliphatic carbocycles. The molecule has 2 aromatic heterocycles. The number of guanidine groups is 1. The van der Waals surface area contributed by atoms with E-state index in [1.807, 2.05) is 18.0 Å². The van der Waals surface area contributed by atoms with Crippen LogP contribution in [-0.2, 0) is 6.54 Å². The first-order chi connectivity index (χ1) is 13.3. The zero-order chi connectivity index (χ0) is 18.5. The van der Waals surface area contributed by atoms with Crippen molar-refractivity contribution in [2.75, 3.05) is 25.4 Å². The maximum atomic E-state index is 4.85. The van der Waals surface area contributed by atoms with Crippen LogP contribution in [0.2, 0.25) is 0 Å². The number of hydrogen-bond acceptors (Lipinski definition) is 4. The fourth-order valence-corrected chi connectivity index (χ4v) is 5.09. The van der Waals surface area contributed by atoms with Crippen molar-refractivity contribution in [1.29, 1.82) is 0 Å². The molecule has 1 aliphatic rings. The van der Waals surface area contributed by atoms with Crippen molar-refractivity contribution in [3.63, 3.8) is 0 Å². The highest BCUT2D eigenvalue weighted by atomic mass is 127. The molecule has 3 heterocycles. The number of likely N-dealkylation sites (tertiary alicyclic amines) is 1. The molecule has 0 radical (unpaired) electrons. The number of thioether (sulfide) groups is 1. The molecular formula is C20H26IN5S2. The number of imidazole rings is 1. The zero-order valence-electron chi connectivity index (χ0n) is 16.0. The van der Waals surface area contributed by atoms with Crippen LogP contribution in [-0.4, -0.2) is 45.6 Å². The highest BCUT2D eigenvalue weighted by molar-refractivity contribution is 14.0. The van der Waals surface area contributed by atoms with Crippen LogP contribution in [0.25, 0.3) is 4.96 Å². The van der Waals surface area contributed by atoms with Crippen LogP contribution in [0, 0.1) is 5.92 Å². The fraction of sp³-hybridized carbons (Fsp3) is 0.400. The highest BCUT2D eigenvalue weighted by Gasteiger charge is 2.25. The molecule has 28 heavy (non-hydrogen) atoms. The molecule has 8 heteroatoms. The van der Waals surface area contributed by atoms with E-state index in [-0.39, 0.29) is 24.0 Å². The lowest BCUT2D eigenvalue weighted by Crippen LogP contribution is -2.40. The Kier molecular flexibility index (Phi) is 8.04. The summed E-state index contributed by atoms with van der Waals surface area (Å²) in [4.78, 5) is 14.3. The van der Waals surface area contributed by atoms with Crippen LogP contribution in [0.4, 0.5) is 0 Å². The van der Waals surface area contributed by atoms with Crippen molar-refractivity contribution in [2.24, 2.45) is 10.9 Å². The van der Waals surface area contributed by atoms with Crippen molar-refractivity contribution in [1.82, 2.24) is 19.6 Å². The first-order valence-corrected chi connectivity index (χ1v) is 11.3. The molecule has 0 saturated carbocycles. The molecule has 1 aliphatic heterocycles. The molecule has 1 unspecified atom stereocenters. The van der Waals surface area contributed by atoms with E-state index in [9.17, 15) is 0 Å². The summed E-state index contributed by atoms with van der Waals surface area (Å²) in [5.41, 5.74) is 1.02. The standard InChI is InChI=1S/C20H25N5S2.HI/c1-2-21-19(22-12-17-14-25-10-11-26-20(25)23-17)24-9-8-16(13-24)15-27-18-6-4-3-5-7-18;/h3-7,10-11,14,16H,2,8-9,12-13,15H2,1H3,(H,21,22);1H. The SMILES string of the molecule is CCNC(=NCc1cn2ccsc2n1)N1CCC(CSc2ccccc2)C1.I. The van der Waals surface area contributed by atoms with Crippen LogP contribution in [0.5, 0.6) is 0 Å². The van der Waals surface area contributed by atoms with Gasteiger partial charge in [0.1, 0.15) is 0 Å². The smallest absolute Gasteiger partial charge is 0.194 e. The lowest BCUT2D eigenvalue weighted by Gasteiger charge is -2.21. The van der Waals surface area contributed by atoms with Gasteiger partial charge in [-0.3, -0.25) is 4.40 Å². The van der Waals surface area contributed by atoms with Gasteiger partial charge < -0.3 is 10.2 Å². The molecule has 0 bridgehead atoms. The number of thiazole rings is 1. The molecule has 1 aromatic carbocycles. The minimum absolute atomic E-state index is 0. The average Bonchev–Trinajstić information content (AvgIpc) is 3.40. The second kappa shape index (κ2) is 10.5.